The quantitative estimate of drug-likeness (QED) is 0.349. The van der Waals surface area contributed by atoms with E-state index in [-0.39, 0.29) is 13.0 Å². The maximum atomic E-state index is 12.6. The van der Waals surface area contributed by atoms with Crippen LogP contribution in [0, 0.1) is 6.92 Å². The molecule has 0 amide bonds. The standard InChI is InChI=1S/C30H30N2O6/c1-20-18-32(29(35)31-28(20)34)27-17-25(26(19-33)37-27)38-30(21-9-5-3-6-10-21,22-11-7-4-8-12-22)23-13-15-24(36-2)16-14-23/h3-16,18,25-27,33H,17,19H2,1-2H3,(H,31,34,35). The lowest BCUT2D eigenvalue weighted by Crippen LogP contribution is -2.40. The van der Waals surface area contributed by atoms with Crippen molar-refractivity contribution < 1.29 is 19.3 Å². The molecule has 1 fully saturated rings. The third-order valence-electron chi connectivity index (χ3n) is 7.00. The third-order valence-corrected chi connectivity index (χ3v) is 7.00. The number of aromatic nitrogens is 2. The van der Waals surface area contributed by atoms with Crippen LogP contribution < -0.4 is 16.0 Å². The summed E-state index contributed by atoms with van der Waals surface area (Å²) in [4.78, 5) is 26.8. The lowest BCUT2D eigenvalue weighted by molar-refractivity contribution is -0.0994. The van der Waals surface area contributed by atoms with Gasteiger partial charge >= 0.3 is 5.69 Å². The summed E-state index contributed by atoms with van der Waals surface area (Å²) < 4.78 is 19.9. The zero-order valence-corrected chi connectivity index (χ0v) is 21.2. The van der Waals surface area contributed by atoms with E-state index in [1.165, 1.54) is 10.8 Å². The smallest absolute Gasteiger partial charge is 0.330 e. The van der Waals surface area contributed by atoms with Gasteiger partial charge in [0.2, 0.25) is 0 Å². The van der Waals surface area contributed by atoms with Crippen LogP contribution in [0.3, 0.4) is 0 Å². The van der Waals surface area contributed by atoms with E-state index in [4.69, 9.17) is 14.2 Å². The molecule has 4 aromatic rings. The third kappa shape index (κ3) is 4.69. The Balaban J connectivity index is 1.63. The second kappa shape index (κ2) is 10.8. The van der Waals surface area contributed by atoms with Crippen LogP contribution in [0.2, 0.25) is 0 Å². The molecule has 1 aliphatic heterocycles. The number of aliphatic hydroxyl groups is 1. The van der Waals surface area contributed by atoms with Crippen molar-refractivity contribution in [1.29, 1.82) is 0 Å². The summed E-state index contributed by atoms with van der Waals surface area (Å²) in [6.07, 6.45) is -0.252. The van der Waals surface area contributed by atoms with Gasteiger partial charge in [-0.25, -0.2) is 4.79 Å². The number of rotatable bonds is 8. The summed E-state index contributed by atoms with van der Waals surface area (Å²) in [6.45, 7) is 1.32. The van der Waals surface area contributed by atoms with Crippen molar-refractivity contribution >= 4 is 0 Å². The molecule has 3 aromatic carbocycles. The molecule has 1 aliphatic rings. The summed E-state index contributed by atoms with van der Waals surface area (Å²) in [5.41, 5.74) is 0.976. The highest BCUT2D eigenvalue weighted by Crippen LogP contribution is 2.45. The van der Waals surface area contributed by atoms with E-state index in [2.05, 4.69) is 4.98 Å². The van der Waals surface area contributed by atoms with Crippen LogP contribution in [0.5, 0.6) is 5.75 Å². The van der Waals surface area contributed by atoms with Crippen LogP contribution in [0.4, 0.5) is 0 Å². The predicted molar refractivity (Wildman–Crippen MR) is 142 cm³/mol. The minimum absolute atomic E-state index is 0.286. The first-order chi connectivity index (χ1) is 18.5. The van der Waals surface area contributed by atoms with Crippen molar-refractivity contribution in [2.24, 2.45) is 0 Å². The number of aromatic amines is 1. The zero-order chi connectivity index (χ0) is 26.7. The Bertz CT molecular complexity index is 1440. The van der Waals surface area contributed by atoms with E-state index in [1.54, 1.807) is 14.0 Å². The first-order valence-electron chi connectivity index (χ1n) is 12.5. The molecule has 1 aromatic heterocycles. The largest absolute Gasteiger partial charge is 0.497 e. The molecule has 3 unspecified atom stereocenters. The van der Waals surface area contributed by atoms with Gasteiger partial charge in [-0.2, -0.15) is 0 Å². The van der Waals surface area contributed by atoms with Gasteiger partial charge in [-0.15, -0.1) is 0 Å². The lowest BCUT2D eigenvalue weighted by atomic mass is 9.79. The number of hydrogen-bond acceptors (Lipinski definition) is 6. The molecule has 1 saturated heterocycles. The first kappa shape index (κ1) is 25.7. The van der Waals surface area contributed by atoms with Gasteiger partial charge < -0.3 is 19.3 Å². The molecule has 0 radical (unpaired) electrons. The maximum absolute atomic E-state index is 12.6. The number of aryl methyl sites for hydroxylation is 1. The number of aliphatic hydroxyl groups excluding tert-OH is 1. The highest BCUT2D eigenvalue weighted by molar-refractivity contribution is 5.48. The molecule has 0 spiro atoms. The molecule has 0 saturated carbocycles. The van der Waals surface area contributed by atoms with Crippen molar-refractivity contribution in [2.75, 3.05) is 13.7 Å². The fraction of sp³-hybridized carbons (Fsp3) is 0.267. The second-order valence-corrected chi connectivity index (χ2v) is 9.32. The molecule has 8 nitrogen and oxygen atoms in total. The van der Waals surface area contributed by atoms with E-state index in [0.717, 1.165) is 16.7 Å². The number of hydrogen-bond donors (Lipinski definition) is 2. The first-order valence-corrected chi connectivity index (χ1v) is 12.5. The number of benzene rings is 3. The zero-order valence-electron chi connectivity index (χ0n) is 21.2. The highest BCUT2D eigenvalue weighted by atomic mass is 16.6. The van der Waals surface area contributed by atoms with E-state index >= 15 is 0 Å². The van der Waals surface area contributed by atoms with E-state index in [1.807, 2.05) is 84.9 Å². The summed E-state index contributed by atoms with van der Waals surface area (Å²) in [6, 6.07) is 27.5. The van der Waals surface area contributed by atoms with Crippen molar-refractivity contribution in [2.45, 2.75) is 37.4 Å². The highest BCUT2D eigenvalue weighted by Gasteiger charge is 2.46. The van der Waals surface area contributed by atoms with Crippen molar-refractivity contribution in [1.82, 2.24) is 9.55 Å². The Kier molecular flexibility index (Phi) is 7.28. The Morgan fingerprint density at radius 1 is 0.947 bits per heavy atom. The van der Waals surface area contributed by atoms with Gasteiger partial charge in [0.25, 0.3) is 5.56 Å². The topological polar surface area (TPSA) is 103 Å². The fourth-order valence-electron chi connectivity index (χ4n) is 5.06. The van der Waals surface area contributed by atoms with Crippen LogP contribution in [0.25, 0.3) is 0 Å². The van der Waals surface area contributed by atoms with E-state index in [0.29, 0.717) is 11.3 Å². The molecule has 38 heavy (non-hydrogen) atoms. The number of nitrogens with one attached hydrogen (secondary N) is 1. The average Bonchev–Trinajstić information content (AvgIpc) is 3.37. The van der Waals surface area contributed by atoms with E-state index < -0.39 is 35.3 Å². The SMILES string of the molecule is COc1ccc(C(OC2CC(n3cc(C)c(=O)[nH]c3=O)OC2CO)(c2ccccc2)c2ccccc2)cc1. The summed E-state index contributed by atoms with van der Waals surface area (Å²) >= 11 is 0. The fourth-order valence-corrected chi connectivity index (χ4v) is 5.06. The van der Waals surface area contributed by atoms with Crippen molar-refractivity contribution in [3.05, 3.63) is 134 Å². The summed E-state index contributed by atoms with van der Waals surface area (Å²) in [5.74, 6) is 0.717. The minimum atomic E-state index is -1.06. The number of H-pyrrole nitrogens is 1. The summed E-state index contributed by atoms with van der Waals surface area (Å²) in [5, 5.41) is 10.3. The monoisotopic (exact) mass is 514 g/mol. The lowest BCUT2D eigenvalue weighted by Gasteiger charge is -2.39. The van der Waals surface area contributed by atoms with Crippen LogP contribution in [-0.2, 0) is 15.1 Å². The normalized spacial score (nSPS) is 19.4. The minimum Gasteiger partial charge on any atom is -0.497 e. The van der Waals surface area contributed by atoms with Gasteiger partial charge in [-0.05, 0) is 35.7 Å². The molecule has 5 rings (SSSR count). The Morgan fingerprint density at radius 2 is 1.53 bits per heavy atom. The van der Waals surface area contributed by atoms with Crippen molar-refractivity contribution in [3.63, 3.8) is 0 Å². The number of nitrogens with zero attached hydrogens (tertiary/aromatic N) is 1. The molecular formula is C30H30N2O6. The Labute approximate surface area is 220 Å². The molecule has 8 heteroatoms. The van der Waals surface area contributed by atoms with Crippen LogP contribution in [-0.4, -0.2) is 40.6 Å². The molecule has 0 bridgehead atoms. The average molecular weight is 515 g/mol. The molecule has 3 atom stereocenters. The molecule has 0 aliphatic carbocycles. The Hall–Kier alpha value is -3.98. The van der Waals surface area contributed by atoms with E-state index in [9.17, 15) is 14.7 Å². The van der Waals surface area contributed by atoms with Gasteiger partial charge in [0.1, 0.15) is 23.7 Å². The van der Waals surface area contributed by atoms with Gasteiger partial charge in [0, 0.05) is 18.2 Å². The number of methoxy groups -OCH3 is 1. The predicted octanol–water partition coefficient (Wildman–Crippen LogP) is 3.51. The van der Waals surface area contributed by atoms with Gasteiger partial charge in [0.05, 0.1) is 19.8 Å². The second-order valence-electron chi connectivity index (χ2n) is 9.32. The Morgan fingerprint density at radius 3 is 2.08 bits per heavy atom. The molecular weight excluding hydrogens is 484 g/mol. The maximum Gasteiger partial charge on any atom is 0.330 e. The molecule has 196 valence electrons. The van der Waals surface area contributed by atoms with Gasteiger partial charge in [0.15, 0.2) is 0 Å². The molecule has 2 heterocycles. The number of ether oxygens (including phenoxy) is 3. The van der Waals surface area contributed by atoms with Crippen molar-refractivity contribution in [3.8, 4) is 5.75 Å². The van der Waals surface area contributed by atoms with Crippen LogP contribution in [0.15, 0.2) is 101 Å². The van der Waals surface area contributed by atoms with Crippen LogP contribution >= 0.6 is 0 Å². The summed E-state index contributed by atoms with van der Waals surface area (Å²) in [7, 11) is 1.62. The van der Waals surface area contributed by atoms with Crippen LogP contribution in [0.1, 0.15) is 34.9 Å². The van der Waals surface area contributed by atoms with Gasteiger partial charge in [-0.1, -0.05) is 72.8 Å². The molecule has 2 N–H and O–H groups in total. The van der Waals surface area contributed by atoms with Gasteiger partial charge in [-0.3, -0.25) is 14.3 Å².